The summed E-state index contributed by atoms with van der Waals surface area (Å²) in [5.74, 6) is 0.637. The fraction of sp³-hybridized carbons (Fsp3) is 0.636. The highest BCUT2D eigenvalue weighted by Crippen LogP contribution is 2.27. The van der Waals surface area contributed by atoms with Gasteiger partial charge in [-0.25, -0.2) is 13.1 Å². The number of carbonyl (C=O) groups excluding carboxylic acids is 1. The molecule has 2 heterocycles. The van der Waals surface area contributed by atoms with Crippen LogP contribution in [0.15, 0.2) is 6.07 Å². The van der Waals surface area contributed by atoms with Gasteiger partial charge < -0.3 is 5.32 Å². The second-order valence-corrected chi connectivity index (χ2v) is 8.38. The van der Waals surface area contributed by atoms with Crippen molar-refractivity contribution in [2.75, 3.05) is 16.8 Å². The van der Waals surface area contributed by atoms with Gasteiger partial charge in [0, 0.05) is 6.07 Å². The lowest BCUT2D eigenvalue weighted by Crippen LogP contribution is -2.23. The molecule has 0 bridgehead atoms. The molecule has 1 aromatic heterocycles. The zero-order valence-corrected chi connectivity index (χ0v) is 13.2. The third-order valence-corrected chi connectivity index (χ3v) is 5.19. The maximum atomic E-state index is 11.7. The third-order valence-electron chi connectivity index (χ3n) is 3.02. The molecule has 1 aromatic rings. The maximum absolute atomic E-state index is 11.7. The molecule has 0 aliphatic carbocycles. The number of hydrogen-bond acceptors (Lipinski definition) is 4. The van der Waals surface area contributed by atoms with Crippen LogP contribution in [0.2, 0.25) is 0 Å². The number of alkyl halides is 1. The van der Waals surface area contributed by atoms with Crippen LogP contribution in [0.5, 0.6) is 0 Å². The van der Waals surface area contributed by atoms with E-state index in [1.54, 1.807) is 17.7 Å². The molecule has 6 nitrogen and oxygen atoms in total. The van der Waals surface area contributed by atoms with Crippen molar-refractivity contribution in [2.24, 2.45) is 0 Å². The first-order chi connectivity index (χ1) is 8.78. The Morgan fingerprint density at radius 1 is 1.63 bits per heavy atom. The van der Waals surface area contributed by atoms with Crippen LogP contribution in [0, 0.1) is 6.92 Å². The van der Waals surface area contributed by atoms with E-state index in [0.717, 1.165) is 5.69 Å². The van der Waals surface area contributed by atoms with Crippen molar-refractivity contribution in [1.82, 2.24) is 9.78 Å². The standard InChI is InChI=1S/C11H16BrN3O3S/c1-7-5-10(13-11(16)8(2)12)15(14-7)9-3-4-19(17,18)6-9/h5,8-9H,3-4,6H2,1-2H3,(H,13,16). The summed E-state index contributed by atoms with van der Waals surface area (Å²) in [6, 6.07) is 1.55. The van der Waals surface area contributed by atoms with E-state index >= 15 is 0 Å². The summed E-state index contributed by atoms with van der Waals surface area (Å²) in [5, 5.41) is 7.05. The van der Waals surface area contributed by atoms with Crippen LogP contribution in [-0.4, -0.2) is 40.4 Å². The van der Waals surface area contributed by atoms with E-state index in [1.165, 1.54) is 0 Å². The Labute approximate surface area is 120 Å². The van der Waals surface area contributed by atoms with E-state index in [4.69, 9.17) is 0 Å². The number of nitrogens with zero attached hydrogens (tertiary/aromatic N) is 2. The number of anilines is 1. The van der Waals surface area contributed by atoms with Crippen molar-refractivity contribution in [3.8, 4) is 0 Å². The number of sulfone groups is 1. The quantitative estimate of drug-likeness (QED) is 0.833. The highest BCUT2D eigenvalue weighted by molar-refractivity contribution is 9.10. The molecule has 2 rings (SSSR count). The minimum atomic E-state index is -2.98. The molecule has 106 valence electrons. The van der Waals surface area contributed by atoms with Gasteiger partial charge in [0.1, 0.15) is 5.82 Å². The van der Waals surface area contributed by atoms with Crippen LogP contribution in [0.1, 0.15) is 25.1 Å². The number of hydrogen-bond donors (Lipinski definition) is 1. The van der Waals surface area contributed by atoms with Gasteiger partial charge in [0.25, 0.3) is 0 Å². The van der Waals surface area contributed by atoms with Crippen molar-refractivity contribution in [2.45, 2.75) is 31.1 Å². The van der Waals surface area contributed by atoms with Gasteiger partial charge in [-0.2, -0.15) is 5.10 Å². The summed E-state index contributed by atoms with van der Waals surface area (Å²) in [4.78, 5) is 11.4. The van der Waals surface area contributed by atoms with E-state index in [-0.39, 0.29) is 28.3 Å². The lowest BCUT2D eigenvalue weighted by Gasteiger charge is -2.14. The van der Waals surface area contributed by atoms with Crippen LogP contribution >= 0.6 is 15.9 Å². The molecule has 0 saturated carbocycles. The van der Waals surface area contributed by atoms with E-state index in [9.17, 15) is 13.2 Å². The van der Waals surface area contributed by atoms with Crippen molar-refractivity contribution >= 4 is 37.5 Å². The molecule has 0 aromatic carbocycles. The number of amides is 1. The van der Waals surface area contributed by atoms with Gasteiger partial charge in [-0.15, -0.1) is 0 Å². The SMILES string of the molecule is Cc1cc(NC(=O)C(C)Br)n(C2CCS(=O)(=O)C2)n1. The van der Waals surface area contributed by atoms with Crippen molar-refractivity contribution in [1.29, 1.82) is 0 Å². The fourth-order valence-corrected chi connectivity index (χ4v) is 3.89. The number of carbonyl (C=O) groups is 1. The molecule has 1 fully saturated rings. The summed E-state index contributed by atoms with van der Waals surface area (Å²) in [7, 11) is -2.98. The number of aryl methyl sites for hydroxylation is 1. The highest BCUT2D eigenvalue weighted by atomic mass is 79.9. The van der Waals surface area contributed by atoms with Crippen LogP contribution < -0.4 is 5.32 Å². The van der Waals surface area contributed by atoms with Crippen LogP contribution in [0.4, 0.5) is 5.82 Å². The van der Waals surface area contributed by atoms with E-state index in [0.29, 0.717) is 12.2 Å². The van der Waals surface area contributed by atoms with Crippen molar-refractivity contribution in [3.05, 3.63) is 11.8 Å². The van der Waals surface area contributed by atoms with Crippen LogP contribution in [0.3, 0.4) is 0 Å². The molecule has 1 saturated heterocycles. The first kappa shape index (κ1) is 14.5. The van der Waals surface area contributed by atoms with Gasteiger partial charge in [0.15, 0.2) is 9.84 Å². The Morgan fingerprint density at radius 3 is 2.84 bits per heavy atom. The summed E-state index contributed by atoms with van der Waals surface area (Å²) in [6.45, 7) is 3.54. The van der Waals surface area contributed by atoms with Crippen LogP contribution in [0.25, 0.3) is 0 Å². The van der Waals surface area contributed by atoms with Crippen molar-refractivity contribution < 1.29 is 13.2 Å². The van der Waals surface area contributed by atoms with Crippen molar-refractivity contribution in [3.63, 3.8) is 0 Å². The number of rotatable bonds is 3. The molecular weight excluding hydrogens is 334 g/mol. The first-order valence-corrected chi connectivity index (χ1v) is 8.74. The number of nitrogens with one attached hydrogen (secondary N) is 1. The fourth-order valence-electron chi connectivity index (χ4n) is 2.08. The largest absolute Gasteiger partial charge is 0.310 e. The Kier molecular flexibility index (Phi) is 4.00. The normalized spacial score (nSPS) is 23.2. The van der Waals surface area contributed by atoms with Gasteiger partial charge >= 0.3 is 0 Å². The summed E-state index contributed by atoms with van der Waals surface area (Å²) in [6.07, 6.45) is 0.538. The van der Waals surface area contributed by atoms with Gasteiger partial charge in [0.05, 0.1) is 28.1 Å². The summed E-state index contributed by atoms with van der Waals surface area (Å²) < 4.78 is 24.7. The van der Waals surface area contributed by atoms with E-state index in [2.05, 4.69) is 26.3 Å². The zero-order valence-electron chi connectivity index (χ0n) is 10.8. The molecule has 1 aliphatic rings. The van der Waals surface area contributed by atoms with E-state index in [1.807, 2.05) is 6.92 Å². The summed E-state index contributed by atoms with van der Waals surface area (Å²) in [5.41, 5.74) is 0.752. The molecule has 0 radical (unpaired) electrons. The predicted octanol–water partition coefficient (Wildman–Crippen LogP) is 1.27. The molecule has 8 heteroatoms. The zero-order chi connectivity index (χ0) is 14.2. The Hall–Kier alpha value is -0.890. The molecular formula is C11H16BrN3O3S. The predicted molar refractivity (Wildman–Crippen MR) is 76.3 cm³/mol. The number of halogens is 1. The maximum Gasteiger partial charge on any atom is 0.239 e. The summed E-state index contributed by atoms with van der Waals surface area (Å²) >= 11 is 3.19. The third kappa shape index (κ3) is 3.36. The average Bonchev–Trinajstić information content (AvgIpc) is 2.81. The van der Waals surface area contributed by atoms with Gasteiger partial charge in [-0.3, -0.25) is 4.79 Å². The molecule has 2 atom stereocenters. The second-order valence-electron chi connectivity index (χ2n) is 4.78. The minimum Gasteiger partial charge on any atom is -0.310 e. The Bertz CT molecular complexity index is 594. The minimum absolute atomic E-state index is 0.0842. The monoisotopic (exact) mass is 349 g/mol. The Morgan fingerprint density at radius 2 is 2.32 bits per heavy atom. The molecule has 2 unspecified atom stereocenters. The van der Waals surface area contributed by atoms with Gasteiger partial charge in [-0.1, -0.05) is 15.9 Å². The average molecular weight is 350 g/mol. The lowest BCUT2D eigenvalue weighted by molar-refractivity contribution is -0.115. The van der Waals surface area contributed by atoms with Gasteiger partial charge in [-0.05, 0) is 20.3 Å². The smallest absolute Gasteiger partial charge is 0.239 e. The molecule has 1 aliphatic heterocycles. The van der Waals surface area contributed by atoms with Gasteiger partial charge in [0.2, 0.25) is 5.91 Å². The first-order valence-electron chi connectivity index (χ1n) is 6.00. The molecule has 1 amide bonds. The highest BCUT2D eigenvalue weighted by Gasteiger charge is 2.31. The topological polar surface area (TPSA) is 81.1 Å². The Balaban J connectivity index is 2.24. The molecule has 19 heavy (non-hydrogen) atoms. The molecule has 0 spiro atoms. The van der Waals surface area contributed by atoms with Crippen LogP contribution in [-0.2, 0) is 14.6 Å². The van der Waals surface area contributed by atoms with E-state index < -0.39 is 9.84 Å². The second kappa shape index (κ2) is 5.24. The lowest BCUT2D eigenvalue weighted by atomic mass is 10.3. The molecule has 1 N–H and O–H groups in total. The number of aromatic nitrogens is 2.